The molecule has 1 saturated carbocycles. The van der Waals surface area contributed by atoms with Gasteiger partial charge in [-0.05, 0) is 75.7 Å². The topological polar surface area (TPSA) is 69.4 Å². The van der Waals surface area contributed by atoms with E-state index >= 15 is 0 Å². The molecule has 3 aromatic rings. The molecule has 2 aromatic carbocycles. The maximum Gasteiger partial charge on any atom is 0.318 e. The molecule has 9 heteroatoms. The summed E-state index contributed by atoms with van der Waals surface area (Å²) in [4.78, 5) is 35.1. The van der Waals surface area contributed by atoms with Crippen molar-refractivity contribution < 1.29 is 9.53 Å². The van der Waals surface area contributed by atoms with Gasteiger partial charge in [0.15, 0.2) is 0 Å². The average molecular weight is 594 g/mol. The van der Waals surface area contributed by atoms with Crippen molar-refractivity contribution in [2.75, 3.05) is 63.2 Å². The third-order valence-corrected chi connectivity index (χ3v) is 9.69. The van der Waals surface area contributed by atoms with Crippen molar-refractivity contribution in [2.45, 2.75) is 51.2 Å². The Hall–Kier alpha value is -4.16. The van der Waals surface area contributed by atoms with Gasteiger partial charge in [-0.1, -0.05) is 36.9 Å². The number of carbonyl (C=O) groups excluding carboxylic acids is 1. The van der Waals surface area contributed by atoms with Crippen LogP contribution in [0, 0.1) is 19.4 Å². The van der Waals surface area contributed by atoms with E-state index in [-0.39, 0.29) is 18.5 Å². The Kier molecular flexibility index (Phi) is 8.72. The third-order valence-electron chi connectivity index (χ3n) is 9.69. The minimum absolute atomic E-state index is 0.124. The molecule has 0 bridgehead atoms. The number of aromatic nitrogens is 2. The van der Waals surface area contributed by atoms with Crippen LogP contribution in [0.2, 0.25) is 0 Å². The monoisotopic (exact) mass is 593 g/mol. The Bertz CT molecular complexity index is 1580. The number of aryl methyl sites for hydroxylation is 1. The highest BCUT2D eigenvalue weighted by Gasteiger charge is 2.35. The summed E-state index contributed by atoms with van der Waals surface area (Å²) >= 11 is 0. The minimum atomic E-state index is -0.220. The number of nitrogens with zero attached hydrogens (tertiary/aromatic N) is 7. The number of benzene rings is 2. The van der Waals surface area contributed by atoms with Crippen LogP contribution in [0.1, 0.15) is 36.1 Å². The average Bonchev–Trinajstić information content (AvgIpc) is 3.52. The molecule has 9 nitrogen and oxygen atoms in total. The van der Waals surface area contributed by atoms with E-state index in [2.05, 4.69) is 83.5 Å². The van der Waals surface area contributed by atoms with Crippen LogP contribution in [0.15, 0.2) is 49.1 Å². The van der Waals surface area contributed by atoms with Crippen LogP contribution in [-0.2, 0) is 17.8 Å². The van der Waals surface area contributed by atoms with E-state index in [4.69, 9.17) is 21.3 Å². The van der Waals surface area contributed by atoms with E-state index in [0.717, 1.165) is 42.9 Å². The Balaban J connectivity index is 1.32. The van der Waals surface area contributed by atoms with Crippen LogP contribution in [0.25, 0.3) is 15.6 Å². The number of piperazine rings is 1. The largest absolute Gasteiger partial charge is 0.463 e. The zero-order valence-electron chi connectivity index (χ0n) is 26.2. The molecular weight excluding hydrogens is 550 g/mol. The lowest BCUT2D eigenvalue weighted by molar-refractivity contribution is -0.128. The van der Waals surface area contributed by atoms with Crippen LogP contribution in [0.3, 0.4) is 0 Å². The predicted molar refractivity (Wildman–Crippen MR) is 175 cm³/mol. The Morgan fingerprint density at radius 3 is 2.70 bits per heavy atom. The Morgan fingerprint density at radius 1 is 1.14 bits per heavy atom. The highest BCUT2D eigenvalue weighted by atomic mass is 16.5. The maximum atomic E-state index is 12.6. The molecule has 1 aliphatic carbocycles. The highest BCUT2D eigenvalue weighted by Crippen LogP contribution is 2.36. The second-order valence-electron chi connectivity index (χ2n) is 12.7. The number of fused-ring (bicyclic) bond motifs is 2. The number of amides is 1. The van der Waals surface area contributed by atoms with Crippen molar-refractivity contribution in [1.29, 1.82) is 0 Å². The third kappa shape index (κ3) is 5.96. The van der Waals surface area contributed by atoms with Crippen molar-refractivity contribution in [3.63, 3.8) is 0 Å². The summed E-state index contributed by atoms with van der Waals surface area (Å²) in [5, 5.41) is 2.52. The summed E-state index contributed by atoms with van der Waals surface area (Å²) in [7, 11) is 4.30. The Morgan fingerprint density at radius 2 is 1.95 bits per heavy atom. The molecule has 44 heavy (non-hydrogen) atoms. The lowest BCUT2D eigenvalue weighted by atomic mass is 9.99. The van der Waals surface area contributed by atoms with Crippen molar-refractivity contribution in [2.24, 2.45) is 5.92 Å². The molecule has 1 unspecified atom stereocenters. The van der Waals surface area contributed by atoms with E-state index in [9.17, 15) is 4.79 Å². The number of hydrogen-bond acceptors (Lipinski definition) is 7. The van der Waals surface area contributed by atoms with Crippen LogP contribution in [-0.4, -0.2) is 91.2 Å². The standard InChI is InChI=1S/C35H43N7O2/c1-6-32(43)42-18-17-41(21-28(42)20-36-3)34-29-15-16-40(31-12-8-11-26-10-7-9-24(2)33(26)31)22-30(29)37-35(38-34)44-23-25-13-14-27(19-25)39(4)5/h6-12,25,27-28H,1,13-23H2,2,4-5H3/t25-,27?,28+/m1/s1. The van der Waals surface area contributed by atoms with Gasteiger partial charge in [0, 0.05) is 48.9 Å². The van der Waals surface area contributed by atoms with Gasteiger partial charge < -0.3 is 29.2 Å². The summed E-state index contributed by atoms with van der Waals surface area (Å²) in [6.07, 6.45) is 5.61. The fourth-order valence-electron chi connectivity index (χ4n) is 7.27. The van der Waals surface area contributed by atoms with Crippen LogP contribution in [0.4, 0.5) is 11.5 Å². The minimum Gasteiger partial charge on any atom is -0.463 e. The van der Waals surface area contributed by atoms with E-state index in [1.165, 1.54) is 34.5 Å². The van der Waals surface area contributed by atoms with Crippen molar-refractivity contribution in [3.8, 4) is 6.01 Å². The number of ether oxygens (including phenoxy) is 1. The molecule has 0 radical (unpaired) electrons. The maximum absolute atomic E-state index is 12.6. The molecule has 1 saturated heterocycles. The highest BCUT2D eigenvalue weighted by molar-refractivity contribution is 5.97. The number of anilines is 2. The normalized spacial score (nSPS) is 21.8. The molecule has 0 N–H and O–H groups in total. The molecule has 6 rings (SSSR count). The van der Waals surface area contributed by atoms with Gasteiger partial charge in [-0.3, -0.25) is 4.79 Å². The first kappa shape index (κ1) is 29.9. The van der Waals surface area contributed by atoms with Gasteiger partial charge in [-0.2, -0.15) is 9.97 Å². The van der Waals surface area contributed by atoms with Crippen molar-refractivity contribution in [3.05, 3.63) is 77.3 Å². The molecule has 2 aliphatic heterocycles. The summed E-state index contributed by atoms with van der Waals surface area (Å²) in [6, 6.07) is 13.8. The summed E-state index contributed by atoms with van der Waals surface area (Å²) in [5.74, 6) is 1.25. The molecule has 0 spiro atoms. The van der Waals surface area contributed by atoms with Gasteiger partial charge in [0.25, 0.3) is 0 Å². The lowest BCUT2D eigenvalue weighted by Crippen LogP contribution is -2.56. The van der Waals surface area contributed by atoms with Gasteiger partial charge in [-0.15, -0.1) is 0 Å². The van der Waals surface area contributed by atoms with Crippen molar-refractivity contribution >= 4 is 28.2 Å². The molecule has 230 valence electrons. The molecule has 1 aromatic heterocycles. The smallest absolute Gasteiger partial charge is 0.318 e. The zero-order chi connectivity index (χ0) is 30.8. The molecular formula is C35H43N7O2. The second-order valence-corrected chi connectivity index (χ2v) is 12.7. The lowest BCUT2D eigenvalue weighted by Gasteiger charge is -2.41. The molecule has 3 aliphatic rings. The quantitative estimate of drug-likeness (QED) is 0.276. The summed E-state index contributed by atoms with van der Waals surface area (Å²) in [6.45, 7) is 17.5. The van der Waals surface area contributed by atoms with E-state index in [1.54, 1.807) is 4.90 Å². The number of carbonyl (C=O) groups is 1. The molecule has 3 atom stereocenters. The second kappa shape index (κ2) is 12.8. The fourth-order valence-corrected chi connectivity index (χ4v) is 7.27. The van der Waals surface area contributed by atoms with E-state index in [0.29, 0.717) is 50.8 Å². The predicted octanol–water partition coefficient (Wildman–Crippen LogP) is 4.73. The number of rotatable bonds is 8. The summed E-state index contributed by atoms with van der Waals surface area (Å²) in [5.41, 5.74) is 4.62. The van der Waals surface area contributed by atoms with Gasteiger partial charge in [0.1, 0.15) is 11.9 Å². The molecule has 3 heterocycles. The first-order valence-electron chi connectivity index (χ1n) is 15.8. The Labute approximate surface area is 260 Å². The van der Waals surface area contributed by atoms with Crippen LogP contribution < -0.4 is 14.5 Å². The van der Waals surface area contributed by atoms with E-state index in [1.807, 2.05) is 0 Å². The first-order chi connectivity index (χ1) is 21.4. The SMILES string of the molecule is [C-]#[N+]C[C@H]1CN(c2nc(OC[C@@H]3CCC(N(C)C)C3)nc3c2CCN(c2cccc4cccc(C)c24)C3)CCN1C(=O)C=C. The number of hydrogen-bond donors (Lipinski definition) is 0. The van der Waals surface area contributed by atoms with E-state index < -0.39 is 0 Å². The van der Waals surface area contributed by atoms with Crippen LogP contribution >= 0.6 is 0 Å². The van der Waals surface area contributed by atoms with Crippen molar-refractivity contribution in [1.82, 2.24) is 19.8 Å². The van der Waals surface area contributed by atoms with Gasteiger partial charge in [-0.25, -0.2) is 6.57 Å². The zero-order valence-corrected chi connectivity index (χ0v) is 26.2. The van der Waals surface area contributed by atoms with Gasteiger partial charge >= 0.3 is 6.01 Å². The molecule has 1 amide bonds. The van der Waals surface area contributed by atoms with Crippen LogP contribution in [0.5, 0.6) is 6.01 Å². The van der Waals surface area contributed by atoms with Gasteiger partial charge in [0.2, 0.25) is 12.5 Å². The molecule has 2 fully saturated rings. The summed E-state index contributed by atoms with van der Waals surface area (Å²) < 4.78 is 6.38. The first-order valence-corrected chi connectivity index (χ1v) is 15.8. The van der Waals surface area contributed by atoms with Gasteiger partial charge in [0.05, 0.1) is 18.8 Å². The fraction of sp³-hybridized carbons (Fsp3) is 0.486.